The third kappa shape index (κ3) is 6.38. The van der Waals surface area contributed by atoms with Crippen LogP contribution in [0.15, 0.2) is 21.9 Å². The third-order valence-electron chi connectivity index (χ3n) is 3.00. The molecule has 0 radical (unpaired) electrons. The third-order valence-corrected chi connectivity index (χ3v) is 5.05. The molecule has 0 saturated carbocycles. The molecule has 0 saturated heterocycles. The summed E-state index contributed by atoms with van der Waals surface area (Å²) in [6.07, 6.45) is 2.95. The van der Waals surface area contributed by atoms with Crippen molar-refractivity contribution in [2.45, 2.75) is 29.2 Å². The van der Waals surface area contributed by atoms with Crippen LogP contribution in [0.3, 0.4) is 0 Å². The summed E-state index contributed by atoms with van der Waals surface area (Å²) in [6.45, 7) is 0.520. The van der Waals surface area contributed by atoms with Gasteiger partial charge in [-0.25, -0.2) is 0 Å². The van der Waals surface area contributed by atoms with Crippen LogP contribution in [0.4, 0.5) is 5.69 Å². The molecule has 4 N–H and O–H groups in total. The Bertz CT molecular complexity index is 555. The Morgan fingerprint density at radius 1 is 1.43 bits per heavy atom. The topological polar surface area (TPSA) is 118 Å². The lowest BCUT2D eigenvalue weighted by molar-refractivity contribution is -0.386. The molecule has 0 atom stereocenters. The number of nitrogens with zero attached hydrogens (tertiary/aromatic N) is 1. The Balaban J connectivity index is 2.67. The van der Waals surface area contributed by atoms with Gasteiger partial charge in [-0.2, -0.15) is 0 Å². The maximum Gasteiger partial charge on any atom is 0.276 e. The highest BCUT2D eigenvalue weighted by atomic mass is 32.2. The Labute approximate surface area is 143 Å². The molecular formula is C14H21N3O4S2. The predicted molar refractivity (Wildman–Crippen MR) is 92.8 cm³/mol. The number of nitro benzene ring substituents is 1. The van der Waals surface area contributed by atoms with Crippen LogP contribution < -0.4 is 11.1 Å². The normalized spacial score (nSPS) is 10.6. The van der Waals surface area contributed by atoms with Gasteiger partial charge in [0.1, 0.15) is 0 Å². The number of benzene rings is 1. The van der Waals surface area contributed by atoms with Gasteiger partial charge < -0.3 is 16.2 Å². The van der Waals surface area contributed by atoms with Gasteiger partial charge in [-0.05, 0) is 24.5 Å². The monoisotopic (exact) mass is 359 g/mol. The number of nitro groups is 1. The highest BCUT2D eigenvalue weighted by molar-refractivity contribution is 8.02. The van der Waals surface area contributed by atoms with Crippen LogP contribution in [0.1, 0.15) is 18.4 Å². The minimum atomic E-state index is -0.486. The molecule has 23 heavy (non-hydrogen) atoms. The van der Waals surface area contributed by atoms with Crippen LogP contribution in [0, 0.1) is 10.1 Å². The van der Waals surface area contributed by atoms with Crippen molar-refractivity contribution >= 4 is 35.1 Å². The van der Waals surface area contributed by atoms with E-state index in [0.29, 0.717) is 37.2 Å². The molecule has 0 spiro atoms. The van der Waals surface area contributed by atoms with Crippen molar-refractivity contribution in [2.24, 2.45) is 5.73 Å². The number of carbonyl (C=O) groups is 1. The van der Waals surface area contributed by atoms with Crippen LogP contribution in [0.25, 0.3) is 0 Å². The Morgan fingerprint density at radius 2 is 2.17 bits per heavy atom. The van der Waals surface area contributed by atoms with Crippen molar-refractivity contribution in [3.8, 4) is 0 Å². The second-order valence-corrected chi connectivity index (χ2v) is 6.62. The van der Waals surface area contributed by atoms with E-state index in [-0.39, 0.29) is 18.2 Å². The average Bonchev–Trinajstić information content (AvgIpc) is 2.55. The van der Waals surface area contributed by atoms with Crippen molar-refractivity contribution in [1.82, 2.24) is 5.32 Å². The van der Waals surface area contributed by atoms with E-state index in [2.05, 4.69) is 5.32 Å². The van der Waals surface area contributed by atoms with Crippen molar-refractivity contribution in [3.05, 3.63) is 27.8 Å². The van der Waals surface area contributed by atoms with Crippen LogP contribution in [0.2, 0.25) is 0 Å². The van der Waals surface area contributed by atoms with Crippen LogP contribution in [-0.4, -0.2) is 41.0 Å². The minimum absolute atomic E-state index is 0.0391. The lowest BCUT2D eigenvalue weighted by atomic mass is 10.2. The van der Waals surface area contributed by atoms with Gasteiger partial charge >= 0.3 is 0 Å². The van der Waals surface area contributed by atoms with Crippen LogP contribution >= 0.6 is 23.5 Å². The summed E-state index contributed by atoms with van der Waals surface area (Å²) in [5, 5.41) is 23.0. The molecule has 1 amide bonds. The van der Waals surface area contributed by atoms with Crippen molar-refractivity contribution in [1.29, 1.82) is 0 Å². The molecule has 0 unspecified atom stereocenters. The quantitative estimate of drug-likeness (QED) is 0.252. The molecule has 0 fully saturated rings. The standard InChI is InChI=1S/C14H21N3O4S2/c1-22-12-7-10(9-18)11(17(20)21)8-13(12)23-6-2-3-14(19)16-5-4-15/h7-8,18H,2-6,9,15H2,1H3,(H,16,19). The second kappa shape index (κ2) is 10.5. The summed E-state index contributed by atoms with van der Waals surface area (Å²) in [7, 11) is 0. The first-order valence-corrected chi connectivity index (χ1v) is 9.30. The van der Waals surface area contributed by atoms with Gasteiger partial charge in [0, 0.05) is 35.4 Å². The van der Waals surface area contributed by atoms with Crippen LogP contribution in [-0.2, 0) is 11.4 Å². The van der Waals surface area contributed by atoms with Gasteiger partial charge in [0.05, 0.1) is 17.1 Å². The smallest absolute Gasteiger partial charge is 0.276 e. The Hall–Kier alpha value is -1.29. The average molecular weight is 359 g/mol. The van der Waals surface area contributed by atoms with Gasteiger partial charge in [-0.3, -0.25) is 14.9 Å². The number of amides is 1. The van der Waals surface area contributed by atoms with Crippen molar-refractivity contribution in [2.75, 3.05) is 25.1 Å². The van der Waals surface area contributed by atoms with E-state index in [1.54, 1.807) is 6.07 Å². The highest BCUT2D eigenvalue weighted by Gasteiger charge is 2.17. The van der Waals surface area contributed by atoms with Crippen LogP contribution in [0.5, 0.6) is 0 Å². The number of nitrogens with one attached hydrogen (secondary N) is 1. The van der Waals surface area contributed by atoms with Crippen molar-refractivity contribution in [3.63, 3.8) is 0 Å². The fourth-order valence-electron chi connectivity index (χ4n) is 1.88. The zero-order valence-corrected chi connectivity index (χ0v) is 14.5. The fraction of sp³-hybridized carbons (Fsp3) is 0.500. The SMILES string of the molecule is CSc1cc(CO)c([N+](=O)[O-])cc1SCCCC(=O)NCCN. The summed E-state index contributed by atoms with van der Waals surface area (Å²) < 4.78 is 0. The molecule has 0 bridgehead atoms. The molecule has 0 heterocycles. The number of hydrogen-bond donors (Lipinski definition) is 3. The number of rotatable bonds is 10. The summed E-state index contributed by atoms with van der Waals surface area (Å²) in [5.41, 5.74) is 5.54. The molecule has 1 aromatic carbocycles. The van der Waals surface area contributed by atoms with Gasteiger partial charge in [0.15, 0.2) is 0 Å². The summed E-state index contributed by atoms with van der Waals surface area (Å²) in [4.78, 5) is 23.7. The molecule has 7 nitrogen and oxygen atoms in total. The number of thioether (sulfide) groups is 2. The van der Waals surface area contributed by atoms with Gasteiger partial charge in [0.25, 0.3) is 5.69 Å². The molecular weight excluding hydrogens is 338 g/mol. The first-order valence-electron chi connectivity index (χ1n) is 7.09. The number of nitrogens with two attached hydrogens (primary N) is 1. The molecule has 1 rings (SSSR count). The molecule has 9 heteroatoms. The number of hydrogen-bond acceptors (Lipinski definition) is 7. The molecule has 128 valence electrons. The lowest BCUT2D eigenvalue weighted by Gasteiger charge is -2.10. The molecule has 0 aliphatic rings. The molecule has 1 aromatic rings. The molecule has 0 aliphatic carbocycles. The van der Waals surface area contributed by atoms with E-state index in [9.17, 15) is 20.0 Å². The number of carbonyl (C=O) groups excluding carboxylic acids is 1. The van der Waals surface area contributed by atoms with Crippen molar-refractivity contribution < 1.29 is 14.8 Å². The number of aliphatic hydroxyl groups is 1. The van der Waals surface area contributed by atoms with E-state index in [4.69, 9.17) is 5.73 Å². The summed E-state index contributed by atoms with van der Waals surface area (Å²) in [6, 6.07) is 3.15. The zero-order valence-electron chi connectivity index (χ0n) is 12.9. The Kier molecular flexibility index (Phi) is 9.00. The maximum absolute atomic E-state index is 11.5. The van der Waals surface area contributed by atoms with E-state index in [1.807, 2.05) is 6.26 Å². The predicted octanol–water partition coefficient (Wildman–Crippen LogP) is 1.76. The summed E-state index contributed by atoms with van der Waals surface area (Å²) in [5.74, 6) is 0.641. The number of aliphatic hydroxyl groups excluding tert-OH is 1. The highest BCUT2D eigenvalue weighted by Crippen LogP contribution is 2.35. The largest absolute Gasteiger partial charge is 0.391 e. The first kappa shape index (κ1) is 19.8. The van der Waals surface area contributed by atoms with E-state index >= 15 is 0 Å². The minimum Gasteiger partial charge on any atom is -0.391 e. The summed E-state index contributed by atoms with van der Waals surface area (Å²) >= 11 is 2.95. The first-order chi connectivity index (χ1) is 11.0. The maximum atomic E-state index is 11.5. The zero-order chi connectivity index (χ0) is 17.2. The van der Waals surface area contributed by atoms with E-state index < -0.39 is 4.92 Å². The van der Waals surface area contributed by atoms with Gasteiger partial charge in [-0.15, -0.1) is 23.5 Å². The fourth-order valence-corrected chi connectivity index (χ4v) is 3.73. The molecule has 0 aliphatic heterocycles. The van der Waals surface area contributed by atoms with E-state index in [1.165, 1.54) is 29.6 Å². The molecule has 0 aromatic heterocycles. The Morgan fingerprint density at radius 3 is 2.74 bits per heavy atom. The second-order valence-electron chi connectivity index (χ2n) is 4.64. The lowest BCUT2D eigenvalue weighted by Crippen LogP contribution is -2.28. The van der Waals surface area contributed by atoms with Gasteiger partial charge in [0.2, 0.25) is 5.91 Å². The van der Waals surface area contributed by atoms with E-state index in [0.717, 1.165) is 9.79 Å². The van der Waals surface area contributed by atoms with Gasteiger partial charge in [-0.1, -0.05) is 0 Å².